The molecule has 0 aliphatic heterocycles. The summed E-state index contributed by atoms with van der Waals surface area (Å²) in [5.74, 6) is -0.340. The average Bonchev–Trinajstić information content (AvgIpc) is 1.93. The highest BCUT2D eigenvalue weighted by molar-refractivity contribution is 6.15. The van der Waals surface area contributed by atoms with Gasteiger partial charge in [0.1, 0.15) is 6.04 Å². The fourth-order valence-corrected chi connectivity index (χ4v) is 0.274. The van der Waals surface area contributed by atoms with Crippen molar-refractivity contribution in [2.75, 3.05) is 13.0 Å². The number of nitrogens with two attached hydrogens (primary N) is 1. The van der Waals surface area contributed by atoms with Gasteiger partial charge in [-0.25, -0.2) is 0 Å². The first kappa shape index (κ1) is 12.4. The molecule has 0 aromatic heterocycles. The summed E-state index contributed by atoms with van der Waals surface area (Å²) in [6, 6.07) is -0.491. The molecule has 0 bridgehead atoms. The Morgan fingerprint density at radius 2 is 2.10 bits per heavy atom. The predicted octanol–water partition coefficient (Wildman–Crippen LogP) is 0.752. The largest absolute Gasteiger partial charge is 0.465 e. The molecule has 4 heteroatoms. The summed E-state index contributed by atoms with van der Waals surface area (Å²) in [4.78, 5) is 10.4. The van der Waals surface area contributed by atoms with Crippen LogP contribution in [0.5, 0.6) is 0 Å². The van der Waals surface area contributed by atoms with E-state index in [0.29, 0.717) is 6.61 Å². The maximum atomic E-state index is 10.4. The van der Waals surface area contributed by atoms with Crippen LogP contribution >= 0.6 is 11.6 Å². The maximum absolute atomic E-state index is 10.4. The number of alkyl halides is 1. The molecule has 0 amide bonds. The van der Waals surface area contributed by atoms with Crippen LogP contribution in [-0.2, 0) is 9.53 Å². The third kappa shape index (κ3) is 7.72. The van der Waals surface area contributed by atoms with Gasteiger partial charge in [-0.1, -0.05) is 0 Å². The molecule has 62 valence electrons. The normalized spacial score (nSPS) is 10.9. The molecular weight excluding hydrogens is 154 g/mol. The van der Waals surface area contributed by atoms with E-state index < -0.39 is 6.04 Å². The minimum absolute atomic E-state index is 0.340. The zero-order chi connectivity index (χ0) is 8.57. The van der Waals surface area contributed by atoms with Gasteiger partial charge >= 0.3 is 5.97 Å². The van der Waals surface area contributed by atoms with Gasteiger partial charge in [0, 0.05) is 6.38 Å². The molecule has 0 radical (unpaired) electrons. The molecule has 0 fully saturated rings. The Kier molecular flexibility index (Phi) is 10.8. The molecule has 0 heterocycles. The van der Waals surface area contributed by atoms with E-state index in [2.05, 4.69) is 16.3 Å². The van der Waals surface area contributed by atoms with E-state index in [0.717, 1.165) is 0 Å². The Balaban J connectivity index is 0. The Morgan fingerprint density at radius 1 is 1.70 bits per heavy atom. The summed E-state index contributed by atoms with van der Waals surface area (Å²) in [5.41, 5.74) is 5.15. The second kappa shape index (κ2) is 8.72. The smallest absolute Gasteiger partial charge is 0.322 e. The van der Waals surface area contributed by atoms with Crippen LogP contribution in [0.3, 0.4) is 0 Å². The van der Waals surface area contributed by atoms with Crippen molar-refractivity contribution in [1.29, 1.82) is 0 Å². The maximum Gasteiger partial charge on any atom is 0.322 e. The Bertz CT molecular complexity index is 85.8. The molecule has 0 aromatic rings. The topological polar surface area (TPSA) is 52.3 Å². The lowest BCUT2D eigenvalue weighted by molar-refractivity contribution is -0.144. The number of esters is 1. The molecule has 0 aliphatic carbocycles. The number of ether oxygens (including phenoxy) is 1. The van der Waals surface area contributed by atoms with Crippen molar-refractivity contribution < 1.29 is 9.53 Å². The van der Waals surface area contributed by atoms with Gasteiger partial charge in [0.15, 0.2) is 0 Å². The third-order valence-corrected chi connectivity index (χ3v) is 0.658. The third-order valence-electron chi connectivity index (χ3n) is 0.658. The zero-order valence-electron chi connectivity index (χ0n) is 6.56. The van der Waals surface area contributed by atoms with Crippen molar-refractivity contribution in [2.45, 2.75) is 19.9 Å². The van der Waals surface area contributed by atoms with Crippen LogP contribution in [0, 0.1) is 0 Å². The number of hydrogen-bond acceptors (Lipinski definition) is 3. The zero-order valence-corrected chi connectivity index (χ0v) is 7.31. The Labute approximate surface area is 66.5 Å². The van der Waals surface area contributed by atoms with Crippen LogP contribution < -0.4 is 5.73 Å². The minimum Gasteiger partial charge on any atom is -0.465 e. The number of carbonyl (C=O) groups excluding carboxylic acids is 1. The lowest BCUT2D eigenvalue weighted by atomic mass is 10.4. The van der Waals surface area contributed by atoms with E-state index in [1.807, 2.05) is 0 Å². The van der Waals surface area contributed by atoms with Crippen LogP contribution in [0.25, 0.3) is 0 Å². The predicted molar refractivity (Wildman–Crippen MR) is 42.1 cm³/mol. The van der Waals surface area contributed by atoms with E-state index in [4.69, 9.17) is 5.73 Å². The summed E-state index contributed by atoms with van der Waals surface area (Å²) in [5, 5.41) is 0. The Morgan fingerprint density at radius 3 is 2.20 bits per heavy atom. The molecule has 3 nitrogen and oxygen atoms in total. The fraction of sp³-hybridized carbons (Fsp3) is 0.833. The number of rotatable bonds is 2. The molecule has 0 spiro atoms. The van der Waals surface area contributed by atoms with Crippen LogP contribution in [0.2, 0.25) is 0 Å². The van der Waals surface area contributed by atoms with Crippen molar-refractivity contribution in [3.05, 3.63) is 0 Å². The molecule has 2 N–H and O–H groups in total. The van der Waals surface area contributed by atoms with Crippen LogP contribution in [0.15, 0.2) is 0 Å². The molecule has 0 saturated carbocycles. The van der Waals surface area contributed by atoms with Gasteiger partial charge < -0.3 is 10.5 Å². The molecule has 0 rings (SSSR count). The van der Waals surface area contributed by atoms with Crippen LogP contribution in [-0.4, -0.2) is 25.0 Å². The molecule has 1 atom stereocenters. The van der Waals surface area contributed by atoms with E-state index >= 15 is 0 Å². The van der Waals surface area contributed by atoms with Crippen molar-refractivity contribution >= 4 is 17.6 Å². The van der Waals surface area contributed by atoms with Gasteiger partial charge in [-0.3, -0.25) is 4.79 Å². The summed E-state index contributed by atoms with van der Waals surface area (Å²) in [7, 11) is 0. The molecule has 0 saturated heterocycles. The standard InChI is InChI=1S/C5H11NO2.CH3Cl/c1-3-8-5(7)4(2)6;1-2/h4H,3,6H2,1-2H3;1H3. The Hall–Kier alpha value is -0.280. The van der Waals surface area contributed by atoms with Crippen molar-refractivity contribution in [1.82, 2.24) is 0 Å². The average molecular weight is 168 g/mol. The van der Waals surface area contributed by atoms with Crippen LogP contribution in [0.4, 0.5) is 0 Å². The summed E-state index contributed by atoms with van der Waals surface area (Å²) in [6.07, 6.45) is 1.47. The molecule has 1 unspecified atom stereocenters. The highest BCUT2D eigenvalue weighted by Crippen LogP contribution is 1.80. The van der Waals surface area contributed by atoms with Crippen molar-refractivity contribution in [3.8, 4) is 0 Å². The lowest BCUT2D eigenvalue weighted by Gasteiger charge is -2.02. The molecule has 0 aliphatic rings. The lowest BCUT2D eigenvalue weighted by Crippen LogP contribution is -2.28. The molecular formula is C6H14ClNO2. The van der Waals surface area contributed by atoms with Gasteiger partial charge in [-0.2, -0.15) is 0 Å². The fourth-order valence-electron chi connectivity index (χ4n) is 0.274. The van der Waals surface area contributed by atoms with Gasteiger partial charge in [0.25, 0.3) is 0 Å². The van der Waals surface area contributed by atoms with E-state index in [1.165, 1.54) is 6.38 Å². The van der Waals surface area contributed by atoms with Crippen molar-refractivity contribution in [2.24, 2.45) is 5.73 Å². The number of hydrogen-bond donors (Lipinski definition) is 1. The van der Waals surface area contributed by atoms with E-state index in [1.54, 1.807) is 13.8 Å². The second-order valence-electron chi connectivity index (χ2n) is 1.54. The second-order valence-corrected chi connectivity index (χ2v) is 1.54. The van der Waals surface area contributed by atoms with E-state index in [-0.39, 0.29) is 5.97 Å². The monoisotopic (exact) mass is 167 g/mol. The van der Waals surface area contributed by atoms with Gasteiger partial charge in [0.05, 0.1) is 6.61 Å². The van der Waals surface area contributed by atoms with Gasteiger partial charge in [-0.15, -0.1) is 11.6 Å². The highest BCUT2D eigenvalue weighted by atomic mass is 35.5. The first-order valence-corrected chi connectivity index (χ1v) is 3.74. The van der Waals surface area contributed by atoms with Gasteiger partial charge in [0.2, 0.25) is 0 Å². The summed E-state index contributed by atoms with van der Waals surface area (Å²) < 4.78 is 4.54. The first-order chi connectivity index (χ1) is 4.68. The first-order valence-electron chi connectivity index (χ1n) is 2.98. The minimum atomic E-state index is -0.491. The SMILES string of the molecule is CCOC(=O)C(C)N.CCl. The summed E-state index contributed by atoms with van der Waals surface area (Å²) >= 11 is 4.64. The number of carbonyl (C=O) groups is 1. The van der Waals surface area contributed by atoms with Crippen molar-refractivity contribution in [3.63, 3.8) is 0 Å². The van der Waals surface area contributed by atoms with E-state index in [9.17, 15) is 4.79 Å². The van der Waals surface area contributed by atoms with Crippen LogP contribution in [0.1, 0.15) is 13.8 Å². The van der Waals surface area contributed by atoms with Gasteiger partial charge in [-0.05, 0) is 13.8 Å². The quantitative estimate of drug-likeness (QED) is 0.488. The number of halogens is 1. The molecule has 10 heavy (non-hydrogen) atoms. The molecule has 0 aromatic carbocycles. The summed E-state index contributed by atoms with van der Waals surface area (Å²) in [6.45, 7) is 3.75. The highest BCUT2D eigenvalue weighted by Gasteiger charge is 2.05.